The second-order valence-electron chi connectivity index (χ2n) is 5.26. The molecule has 1 N–H and O–H groups in total. The number of ether oxygens (including phenoxy) is 1. The van der Waals surface area contributed by atoms with Crippen LogP contribution in [0.4, 0.5) is 4.79 Å². The van der Waals surface area contributed by atoms with Crippen LogP contribution in [-0.2, 0) is 9.53 Å². The molecule has 1 aliphatic rings. The van der Waals surface area contributed by atoms with Crippen molar-refractivity contribution in [2.24, 2.45) is 0 Å². The largest absolute Gasteiger partial charge is 0.447 e. The number of benzene rings is 1. The van der Waals surface area contributed by atoms with Gasteiger partial charge in [0.25, 0.3) is 0 Å². The van der Waals surface area contributed by atoms with E-state index in [-0.39, 0.29) is 11.8 Å². The number of fused-ring (bicyclic) bond motifs is 1. The molecular weight excluding hydrogens is 268 g/mol. The summed E-state index contributed by atoms with van der Waals surface area (Å²) in [5.41, 5.74) is 2.20. The Morgan fingerprint density at radius 2 is 2.24 bits per heavy atom. The average molecular weight is 286 g/mol. The number of imide groups is 1. The molecule has 2 aromatic rings. The molecule has 0 bridgehead atoms. The molecule has 0 aliphatic carbocycles. The lowest BCUT2D eigenvalue weighted by atomic mass is 9.92. The summed E-state index contributed by atoms with van der Waals surface area (Å²) >= 11 is 0. The maximum Gasteiger partial charge on any atom is 0.416 e. The molecule has 1 unspecified atom stereocenters. The smallest absolute Gasteiger partial charge is 0.416 e. The summed E-state index contributed by atoms with van der Waals surface area (Å²) in [6.45, 7) is 2.72. The molecule has 1 fully saturated rings. The molecule has 1 saturated heterocycles. The predicted molar refractivity (Wildman–Crippen MR) is 79.0 cm³/mol. The highest BCUT2D eigenvalue weighted by Gasteiger charge is 2.30. The third-order valence-electron chi connectivity index (χ3n) is 4.04. The van der Waals surface area contributed by atoms with Gasteiger partial charge in [-0.3, -0.25) is 4.79 Å². The number of carbonyl (C=O) groups is 2. The quantitative estimate of drug-likeness (QED) is 0.939. The van der Waals surface area contributed by atoms with Crippen molar-refractivity contribution in [1.29, 1.82) is 0 Å². The number of aromatic amines is 1. The Hall–Kier alpha value is -2.30. The lowest BCUT2D eigenvalue weighted by molar-refractivity contribution is -0.128. The molecule has 1 aromatic carbocycles. The van der Waals surface area contributed by atoms with Crippen molar-refractivity contribution in [1.82, 2.24) is 9.88 Å². The number of nitrogens with zero attached hydrogens (tertiary/aromatic N) is 1. The number of nitrogens with one attached hydrogen (secondary N) is 1. The van der Waals surface area contributed by atoms with Gasteiger partial charge in [-0.15, -0.1) is 0 Å². The summed E-state index contributed by atoms with van der Waals surface area (Å²) < 4.78 is 4.82. The fraction of sp³-hybridized carbons (Fsp3) is 0.375. The maximum absolute atomic E-state index is 12.3. The van der Waals surface area contributed by atoms with Crippen LogP contribution in [0, 0.1) is 0 Å². The molecular formula is C16H18N2O3. The van der Waals surface area contributed by atoms with Crippen LogP contribution in [0.25, 0.3) is 10.9 Å². The van der Waals surface area contributed by atoms with Crippen molar-refractivity contribution in [3.05, 3.63) is 36.0 Å². The van der Waals surface area contributed by atoms with Crippen LogP contribution in [-0.4, -0.2) is 35.0 Å². The van der Waals surface area contributed by atoms with Crippen LogP contribution in [0.2, 0.25) is 0 Å². The minimum Gasteiger partial charge on any atom is -0.447 e. The number of para-hydroxylation sites is 1. The van der Waals surface area contributed by atoms with Crippen molar-refractivity contribution in [3.63, 3.8) is 0 Å². The van der Waals surface area contributed by atoms with E-state index in [1.807, 2.05) is 24.4 Å². The number of amides is 2. The SMILES string of the molecule is CCC(CC(=O)N1CCOC1=O)c1c[nH]c2ccccc12. The van der Waals surface area contributed by atoms with Crippen LogP contribution in [0.15, 0.2) is 30.5 Å². The molecule has 3 rings (SSSR count). The van der Waals surface area contributed by atoms with Gasteiger partial charge in [-0.1, -0.05) is 25.1 Å². The molecule has 1 aromatic heterocycles. The Labute approximate surface area is 122 Å². The Morgan fingerprint density at radius 1 is 1.43 bits per heavy atom. The number of rotatable bonds is 4. The minimum atomic E-state index is -0.520. The van der Waals surface area contributed by atoms with E-state index in [9.17, 15) is 9.59 Å². The number of carbonyl (C=O) groups excluding carboxylic acids is 2. The molecule has 2 heterocycles. The first-order valence-corrected chi connectivity index (χ1v) is 7.24. The second kappa shape index (κ2) is 5.60. The Morgan fingerprint density at radius 3 is 2.95 bits per heavy atom. The zero-order valence-corrected chi connectivity index (χ0v) is 12.0. The van der Waals surface area contributed by atoms with E-state index in [0.717, 1.165) is 22.9 Å². The number of cyclic esters (lactones) is 1. The van der Waals surface area contributed by atoms with E-state index in [0.29, 0.717) is 19.6 Å². The first kappa shape index (κ1) is 13.7. The van der Waals surface area contributed by atoms with Gasteiger partial charge in [0.15, 0.2) is 0 Å². The van der Waals surface area contributed by atoms with E-state index in [1.54, 1.807) is 0 Å². The molecule has 21 heavy (non-hydrogen) atoms. The van der Waals surface area contributed by atoms with Crippen LogP contribution >= 0.6 is 0 Å². The normalized spacial score (nSPS) is 16.2. The molecule has 1 aliphatic heterocycles. The third kappa shape index (κ3) is 2.51. The molecule has 2 amide bonds. The zero-order chi connectivity index (χ0) is 14.8. The van der Waals surface area contributed by atoms with Crippen molar-refractivity contribution in [2.45, 2.75) is 25.7 Å². The van der Waals surface area contributed by atoms with Gasteiger partial charge in [0.1, 0.15) is 6.61 Å². The summed E-state index contributed by atoms with van der Waals surface area (Å²) in [5.74, 6) is -0.0586. The summed E-state index contributed by atoms with van der Waals surface area (Å²) in [6, 6.07) is 8.05. The first-order chi connectivity index (χ1) is 10.2. The number of H-pyrrole nitrogens is 1. The van der Waals surface area contributed by atoms with Gasteiger partial charge in [-0.05, 0) is 24.0 Å². The fourth-order valence-electron chi connectivity index (χ4n) is 2.85. The Bertz CT molecular complexity index is 677. The van der Waals surface area contributed by atoms with Gasteiger partial charge in [-0.25, -0.2) is 9.69 Å². The van der Waals surface area contributed by atoms with Crippen LogP contribution in [0.3, 0.4) is 0 Å². The number of hydrogen-bond donors (Lipinski definition) is 1. The lowest BCUT2D eigenvalue weighted by Crippen LogP contribution is -2.32. The van der Waals surface area contributed by atoms with Gasteiger partial charge in [0, 0.05) is 23.5 Å². The van der Waals surface area contributed by atoms with Crippen molar-refractivity contribution >= 4 is 22.9 Å². The molecule has 0 spiro atoms. The topological polar surface area (TPSA) is 62.4 Å². The Balaban J connectivity index is 1.82. The summed E-state index contributed by atoms with van der Waals surface area (Å²) in [4.78, 5) is 28.2. The van der Waals surface area contributed by atoms with Crippen LogP contribution in [0.1, 0.15) is 31.2 Å². The van der Waals surface area contributed by atoms with E-state index >= 15 is 0 Å². The fourth-order valence-corrected chi connectivity index (χ4v) is 2.85. The van der Waals surface area contributed by atoms with E-state index in [4.69, 9.17) is 4.74 Å². The number of hydrogen-bond acceptors (Lipinski definition) is 3. The summed E-state index contributed by atoms with van der Waals surface area (Å²) in [6.07, 6.45) is 2.62. The highest BCUT2D eigenvalue weighted by atomic mass is 16.6. The van der Waals surface area contributed by atoms with Gasteiger partial charge >= 0.3 is 6.09 Å². The molecule has 0 radical (unpaired) electrons. The van der Waals surface area contributed by atoms with Gasteiger partial charge in [-0.2, -0.15) is 0 Å². The summed E-state index contributed by atoms with van der Waals surface area (Å²) in [5, 5.41) is 1.14. The van der Waals surface area contributed by atoms with E-state index in [1.165, 1.54) is 4.90 Å². The molecule has 110 valence electrons. The van der Waals surface area contributed by atoms with Crippen molar-refractivity contribution < 1.29 is 14.3 Å². The molecule has 1 atom stereocenters. The third-order valence-corrected chi connectivity index (χ3v) is 4.04. The van der Waals surface area contributed by atoms with Crippen molar-refractivity contribution in [2.75, 3.05) is 13.2 Å². The minimum absolute atomic E-state index is 0.0991. The van der Waals surface area contributed by atoms with Gasteiger partial charge in [0.05, 0.1) is 6.54 Å². The first-order valence-electron chi connectivity index (χ1n) is 7.24. The molecule has 0 saturated carbocycles. The van der Waals surface area contributed by atoms with Crippen molar-refractivity contribution in [3.8, 4) is 0 Å². The van der Waals surface area contributed by atoms with Crippen LogP contribution < -0.4 is 0 Å². The Kier molecular flexibility index (Phi) is 3.64. The van der Waals surface area contributed by atoms with Crippen LogP contribution in [0.5, 0.6) is 0 Å². The highest BCUT2D eigenvalue weighted by Crippen LogP contribution is 2.31. The molecule has 5 heteroatoms. The average Bonchev–Trinajstić information content (AvgIpc) is 3.11. The lowest BCUT2D eigenvalue weighted by Gasteiger charge is -2.17. The molecule has 5 nitrogen and oxygen atoms in total. The van der Waals surface area contributed by atoms with Gasteiger partial charge < -0.3 is 9.72 Å². The number of aromatic nitrogens is 1. The van der Waals surface area contributed by atoms with E-state index in [2.05, 4.69) is 18.0 Å². The maximum atomic E-state index is 12.3. The monoisotopic (exact) mass is 286 g/mol. The van der Waals surface area contributed by atoms with E-state index < -0.39 is 6.09 Å². The highest BCUT2D eigenvalue weighted by molar-refractivity contribution is 5.93. The second-order valence-corrected chi connectivity index (χ2v) is 5.26. The summed E-state index contributed by atoms with van der Waals surface area (Å²) in [7, 11) is 0. The predicted octanol–water partition coefficient (Wildman–Crippen LogP) is 3.03. The zero-order valence-electron chi connectivity index (χ0n) is 12.0. The standard InChI is InChI=1S/C16H18N2O3/c1-2-11(9-15(19)18-7-8-21-16(18)20)13-10-17-14-6-4-3-5-12(13)14/h3-6,10-11,17H,2,7-9H2,1H3. The van der Waals surface area contributed by atoms with Gasteiger partial charge in [0.2, 0.25) is 5.91 Å².